The van der Waals surface area contributed by atoms with Gasteiger partial charge in [-0.15, -0.1) is 0 Å². The summed E-state index contributed by atoms with van der Waals surface area (Å²) in [6, 6.07) is 1.12. The first-order valence-electron chi connectivity index (χ1n) is 6.57. The van der Waals surface area contributed by atoms with Crippen LogP contribution in [0.2, 0.25) is 0 Å². The van der Waals surface area contributed by atoms with Crippen LogP contribution in [-0.2, 0) is 0 Å². The molecular weight excluding hydrogens is 265 g/mol. The molecule has 0 bridgehead atoms. The minimum atomic E-state index is -0.965. The lowest BCUT2D eigenvalue weighted by Crippen LogP contribution is -2.30. The number of likely N-dealkylation sites (tertiary alicyclic amines) is 1. The van der Waals surface area contributed by atoms with Gasteiger partial charge in [0.25, 0.3) is 5.91 Å². The van der Waals surface area contributed by atoms with E-state index in [2.05, 4.69) is 10.3 Å². The number of hydrogen-bond acceptors (Lipinski definition) is 5. The van der Waals surface area contributed by atoms with Gasteiger partial charge in [0.15, 0.2) is 0 Å². The summed E-state index contributed by atoms with van der Waals surface area (Å²) in [4.78, 5) is 17.5. The summed E-state index contributed by atoms with van der Waals surface area (Å²) in [6.45, 7) is 2.64. The van der Waals surface area contributed by atoms with Gasteiger partial charge in [0.1, 0.15) is 11.6 Å². The second-order valence-electron chi connectivity index (χ2n) is 4.82. The average Bonchev–Trinajstić information content (AvgIpc) is 2.76. The second kappa shape index (κ2) is 6.15. The van der Waals surface area contributed by atoms with Gasteiger partial charge in [-0.3, -0.25) is 4.79 Å². The average molecular weight is 283 g/mol. The zero-order chi connectivity index (χ0) is 14.7. The maximum atomic E-state index is 13.3. The van der Waals surface area contributed by atoms with Gasteiger partial charge < -0.3 is 20.4 Å². The Balaban J connectivity index is 2.22. The molecule has 2 heterocycles. The van der Waals surface area contributed by atoms with Crippen LogP contribution in [0.1, 0.15) is 23.7 Å². The number of halogens is 1. The number of anilines is 1. The normalized spacial score (nSPS) is 22.1. The predicted octanol–water partition coefficient (Wildman–Crippen LogP) is 0.220. The Morgan fingerprint density at radius 1 is 1.50 bits per heavy atom. The van der Waals surface area contributed by atoms with Crippen molar-refractivity contribution in [2.45, 2.75) is 25.6 Å². The summed E-state index contributed by atoms with van der Waals surface area (Å²) < 4.78 is 13.3. The molecule has 7 heteroatoms. The first-order chi connectivity index (χ1) is 9.52. The molecule has 0 radical (unpaired) electrons. The number of rotatable bonds is 4. The molecule has 1 aromatic heterocycles. The van der Waals surface area contributed by atoms with E-state index in [-0.39, 0.29) is 18.7 Å². The van der Waals surface area contributed by atoms with Crippen molar-refractivity contribution >= 4 is 11.7 Å². The number of hydrogen-bond donors (Lipinski definition) is 3. The van der Waals surface area contributed by atoms with Crippen molar-refractivity contribution in [3.8, 4) is 0 Å². The Hall–Kier alpha value is -1.73. The van der Waals surface area contributed by atoms with Crippen LogP contribution in [0.15, 0.2) is 12.3 Å². The van der Waals surface area contributed by atoms with Crippen molar-refractivity contribution in [3.05, 3.63) is 23.6 Å². The highest BCUT2D eigenvalue weighted by atomic mass is 19.1. The molecule has 1 fully saturated rings. The molecule has 0 saturated carbocycles. The number of aliphatic hydroxyl groups is 2. The summed E-state index contributed by atoms with van der Waals surface area (Å²) >= 11 is 0. The molecule has 2 rings (SSSR count). The monoisotopic (exact) mass is 283 g/mol. The molecule has 20 heavy (non-hydrogen) atoms. The topological polar surface area (TPSA) is 85.7 Å². The third-order valence-corrected chi connectivity index (χ3v) is 3.17. The zero-order valence-corrected chi connectivity index (χ0v) is 11.2. The number of nitrogens with one attached hydrogen (secondary N) is 1. The highest BCUT2D eigenvalue weighted by Crippen LogP contribution is 2.19. The molecule has 6 nitrogen and oxygen atoms in total. The second-order valence-corrected chi connectivity index (χ2v) is 4.82. The standard InChI is InChI=1S/C13H18FN3O3/c1-2-3-15-12-9(4-8(14)5-16-12)13(20)17-6-10(18)11(19)7-17/h4-5,10-11,18-19H,2-3,6-7H2,1H3,(H,15,16). The zero-order valence-electron chi connectivity index (χ0n) is 11.2. The first kappa shape index (κ1) is 14.7. The first-order valence-corrected chi connectivity index (χ1v) is 6.57. The van der Waals surface area contributed by atoms with E-state index in [1.807, 2.05) is 6.92 Å². The van der Waals surface area contributed by atoms with Crippen molar-refractivity contribution in [1.82, 2.24) is 9.88 Å². The molecule has 0 aliphatic carbocycles. The molecule has 1 aliphatic rings. The van der Waals surface area contributed by atoms with Crippen LogP contribution in [0.25, 0.3) is 0 Å². The Bertz CT molecular complexity index is 488. The minimum absolute atomic E-state index is 0.0315. The van der Waals surface area contributed by atoms with E-state index in [9.17, 15) is 19.4 Å². The number of amides is 1. The highest BCUT2D eigenvalue weighted by Gasteiger charge is 2.34. The van der Waals surface area contributed by atoms with E-state index in [4.69, 9.17) is 0 Å². The largest absolute Gasteiger partial charge is 0.388 e. The molecule has 110 valence electrons. The summed E-state index contributed by atoms with van der Waals surface area (Å²) in [6.07, 6.45) is -0.0453. The highest BCUT2D eigenvalue weighted by molar-refractivity contribution is 5.99. The summed E-state index contributed by atoms with van der Waals surface area (Å²) in [5.41, 5.74) is 0.111. The van der Waals surface area contributed by atoms with Gasteiger partial charge in [-0.05, 0) is 12.5 Å². The van der Waals surface area contributed by atoms with Crippen LogP contribution in [0, 0.1) is 5.82 Å². The summed E-state index contributed by atoms with van der Waals surface area (Å²) in [5, 5.41) is 21.9. The quantitative estimate of drug-likeness (QED) is 0.736. The molecule has 1 aromatic rings. The van der Waals surface area contributed by atoms with E-state index in [0.717, 1.165) is 18.7 Å². The Labute approximate surface area is 116 Å². The molecule has 2 atom stereocenters. The number of aliphatic hydroxyl groups excluding tert-OH is 2. The Morgan fingerprint density at radius 3 is 2.75 bits per heavy atom. The maximum Gasteiger partial charge on any atom is 0.257 e. The third-order valence-electron chi connectivity index (χ3n) is 3.17. The molecule has 3 N–H and O–H groups in total. The van der Waals surface area contributed by atoms with E-state index in [0.29, 0.717) is 12.4 Å². The van der Waals surface area contributed by atoms with Crippen LogP contribution < -0.4 is 5.32 Å². The van der Waals surface area contributed by atoms with Gasteiger partial charge >= 0.3 is 0 Å². The number of aromatic nitrogens is 1. The fourth-order valence-electron chi connectivity index (χ4n) is 2.09. The minimum Gasteiger partial charge on any atom is -0.388 e. The lowest BCUT2D eigenvalue weighted by Gasteiger charge is -2.17. The van der Waals surface area contributed by atoms with Gasteiger partial charge in [-0.1, -0.05) is 6.92 Å². The predicted molar refractivity (Wildman–Crippen MR) is 70.9 cm³/mol. The third kappa shape index (κ3) is 3.05. The van der Waals surface area contributed by atoms with Crippen LogP contribution in [-0.4, -0.2) is 57.8 Å². The van der Waals surface area contributed by atoms with Crippen LogP contribution >= 0.6 is 0 Å². The van der Waals surface area contributed by atoms with Gasteiger partial charge in [0.05, 0.1) is 24.0 Å². The summed E-state index contributed by atoms with van der Waals surface area (Å²) in [5.74, 6) is -0.740. The molecule has 2 unspecified atom stereocenters. The maximum absolute atomic E-state index is 13.3. The van der Waals surface area contributed by atoms with Crippen LogP contribution in [0.3, 0.4) is 0 Å². The van der Waals surface area contributed by atoms with Crippen LogP contribution in [0.5, 0.6) is 0 Å². The molecule has 1 amide bonds. The van der Waals surface area contributed by atoms with E-state index < -0.39 is 23.9 Å². The smallest absolute Gasteiger partial charge is 0.257 e. The van der Waals surface area contributed by atoms with Crippen molar-refractivity contribution in [2.24, 2.45) is 0 Å². The number of carbonyl (C=O) groups is 1. The van der Waals surface area contributed by atoms with Gasteiger partial charge in [-0.2, -0.15) is 0 Å². The number of carbonyl (C=O) groups excluding carboxylic acids is 1. The lowest BCUT2D eigenvalue weighted by molar-refractivity contribution is 0.0572. The summed E-state index contributed by atoms with van der Waals surface area (Å²) in [7, 11) is 0. The SMILES string of the molecule is CCCNc1ncc(F)cc1C(=O)N1CC(O)C(O)C1. The number of pyridine rings is 1. The van der Waals surface area contributed by atoms with Gasteiger partial charge in [-0.25, -0.2) is 9.37 Å². The van der Waals surface area contributed by atoms with Crippen molar-refractivity contribution in [2.75, 3.05) is 25.0 Å². The lowest BCUT2D eigenvalue weighted by atomic mass is 10.2. The van der Waals surface area contributed by atoms with Crippen molar-refractivity contribution < 1.29 is 19.4 Å². The van der Waals surface area contributed by atoms with Crippen molar-refractivity contribution in [1.29, 1.82) is 0 Å². The van der Waals surface area contributed by atoms with E-state index in [1.165, 1.54) is 4.90 Å². The number of β-amino-alcohol motifs (C(OH)–C–C–N with tert-alkyl or cyclic N) is 2. The molecule has 1 aliphatic heterocycles. The Kier molecular flexibility index (Phi) is 4.51. The van der Waals surface area contributed by atoms with E-state index >= 15 is 0 Å². The van der Waals surface area contributed by atoms with E-state index in [1.54, 1.807) is 0 Å². The molecule has 0 spiro atoms. The number of nitrogens with zero attached hydrogens (tertiary/aromatic N) is 2. The van der Waals surface area contributed by atoms with Crippen LogP contribution in [0.4, 0.5) is 10.2 Å². The fourth-order valence-corrected chi connectivity index (χ4v) is 2.09. The molecule has 0 aromatic carbocycles. The van der Waals surface area contributed by atoms with Gasteiger partial charge in [0, 0.05) is 19.6 Å². The van der Waals surface area contributed by atoms with Crippen molar-refractivity contribution in [3.63, 3.8) is 0 Å². The molecule has 1 saturated heterocycles. The fraction of sp³-hybridized carbons (Fsp3) is 0.538. The van der Waals surface area contributed by atoms with Gasteiger partial charge in [0.2, 0.25) is 0 Å². The Morgan fingerprint density at radius 2 is 2.15 bits per heavy atom. The molecular formula is C13H18FN3O3.